The SMILES string of the molecule is O=C(NCCNC(=O)c1ccccc1)NCc1ccccc1CN1CCOCC1. The molecule has 7 nitrogen and oxygen atoms in total. The maximum atomic E-state index is 12.1. The molecule has 7 heteroatoms. The van der Waals surface area contributed by atoms with Crippen LogP contribution in [-0.2, 0) is 17.8 Å². The number of urea groups is 1. The summed E-state index contributed by atoms with van der Waals surface area (Å²) in [7, 11) is 0. The highest BCUT2D eigenvalue weighted by Gasteiger charge is 2.13. The van der Waals surface area contributed by atoms with E-state index in [1.54, 1.807) is 12.1 Å². The molecule has 0 saturated carbocycles. The zero-order valence-electron chi connectivity index (χ0n) is 16.5. The predicted molar refractivity (Wildman–Crippen MR) is 112 cm³/mol. The number of nitrogens with one attached hydrogen (secondary N) is 3. The summed E-state index contributed by atoms with van der Waals surface area (Å²) in [6.45, 7) is 5.44. The number of benzene rings is 2. The molecule has 0 aliphatic carbocycles. The largest absolute Gasteiger partial charge is 0.379 e. The fraction of sp³-hybridized carbons (Fsp3) is 0.364. The van der Waals surface area contributed by atoms with Gasteiger partial charge in [-0.3, -0.25) is 9.69 Å². The molecule has 1 fully saturated rings. The van der Waals surface area contributed by atoms with Crippen molar-refractivity contribution in [3.63, 3.8) is 0 Å². The van der Waals surface area contributed by atoms with Gasteiger partial charge < -0.3 is 20.7 Å². The number of carbonyl (C=O) groups excluding carboxylic acids is 2. The molecule has 0 aromatic heterocycles. The van der Waals surface area contributed by atoms with Crippen LogP contribution in [0.5, 0.6) is 0 Å². The molecule has 2 aromatic rings. The van der Waals surface area contributed by atoms with Crippen molar-refractivity contribution in [2.24, 2.45) is 0 Å². The van der Waals surface area contributed by atoms with Crippen LogP contribution in [0.3, 0.4) is 0 Å². The van der Waals surface area contributed by atoms with Crippen molar-refractivity contribution in [2.45, 2.75) is 13.1 Å². The Kier molecular flexibility index (Phi) is 8.03. The summed E-state index contributed by atoms with van der Waals surface area (Å²) in [4.78, 5) is 26.4. The number of nitrogens with zero attached hydrogens (tertiary/aromatic N) is 1. The first-order valence-electron chi connectivity index (χ1n) is 9.94. The lowest BCUT2D eigenvalue weighted by Crippen LogP contribution is -2.40. The summed E-state index contributed by atoms with van der Waals surface area (Å²) in [5.74, 6) is -0.148. The van der Waals surface area contributed by atoms with Crippen LogP contribution >= 0.6 is 0 Å². The quantitative estimate of drug-likeness (QED) is 0.594. The monoisotopic (exact) mass is 396 g/mol. The van der Waals surface area contributed by atoms with Gasteiger partial charge in [0.15, 0.2) is 0 Å². The molecule has 2 aromatic carbocycles. The Morgan fingerprint density at radius 2 is 1.48 bits per heavy atom. The number of morpholine rings is 1. The van der Waals surface area contributed by atoms with E-state index in [4.69, 9.17) is 4.74 Å². The minimum absolute atomic E-state index is 0.148. The average Bonchev–Trinajstić information content (AvgIpc) is 2.77. The molecule has 3 N–H and O–H groups in total. The van der Waals surface area contributed by atoms with E-state index < -0.39 is 0 Å². The fourth-order valence-corrected chi connectivity index (χ4v) is 3.17. The van der Waals surface area contributed by atoms with Crippen molar-refractivity contribution >= 4 is 11.9 Å². The van der Waals surface area contributed by atoms with Gasteiger partial charge in [-0.1, -0.05) is 42.5 Å². The summed E-state index contributed by atoms with van der Waals surface area (Å²) in [6.07, 6.45) is 0. The van der Waals surface area contributed by atoms with Gasteiger partial charge in [-0.05, 0) is 23.3 Å². The van der Waals surface area contributed by atoms with E-state index in [1.165, 1.54) is 5.56 Å². The lowest BCUT2D eigenvalue weighted by atomic mass is 10.1. The van der Waals surface area contributed by atoms with Crippen molar-refractivity contribution in [2.75, 3.05) is 39.4 Å². The molecule has 1 aliphatic rings. The van der Waals surface area contributed by atoms with E-state index in [1.807, 2.05) is 36.4 Å². The Morgan fingerprint density at radius 1 is 0.828 bits per heavy atom. The minimum Gasteiger partial charge on any atom is -0.379 e. The number of hydrogen-bond acceptors (Lipinski definition) is 4. The molecule has 0 spiro atoms. The number of ether oxygens (including phenoxy) is 1. The molecule has 29 heavy (non-hydrogen) atoms. The second-order valence-electron chi connectivity index (χ2n) is 6.89. The highest BCUT2D eigenvalue weighted by atomic mass is 16.5. The molecule has 154 valence electrons. The minimum atomic E-state index is -0.250. The normalized spacial score (nSPS) is 14.2. The van der Waals surface area contributed by atoms with Crippen LogP contribution in [0.1, 0.15) is 21.5 Å². The van der Waals surface area contributed by atoms with E-state index >= 15 is 0 Å². The smallest absolute Gasteiger partial charge is 0.315 e. The second-order valence-corrected chi connectivity index (χ2v) is 6.89. The van der Waals surface area contributed by atoms with Gasteiger partial charge in [-0.25, -0.2) is 4.79 Å². The number of rotatable bonds is 8. The molecule has 0 unspecified atom stereocenters. The van der Waals surface area contributed by atoms with Gasteiger partial charge in [0.2, 0.25) is 0 Å². The van der Waals surface area contributed by atoms with Gasteiger partial charge in [0.1, 0.15) is 0 Å². The predicted octanol–water partition coefficient (Wildman–Crippen LogP) is 1.75. The van der Waals surface area contributed by atoms with Crippen LogP contribution < -0.4 is 16.0 Å². The summed E-state index contributed by atoms with van der Waals surface area (Å²) < 4.78 is 5.40. The third kappa shape index (κ3) is 6.89. The van der Waals surface area contributed by atoms with Crippen LogP contribution in [0.25, 0.3) is 0 Å². The average molecular weight is 396 g/mol. The zero-order chi connectivity index (χ0) is 20.3. The van der Waals surface area contributed by atoms with Gasteiger partial charge in [-0.15, -0.1) is 0 Å². The zero-order valence-corrected chi connectivity index (χ0v) is 16.5. The fourth-order valence-electron chi connectivity index (χ4n) is 3.17. The topological polar surface area (TPSA) is 82.7 Å². The van der Waals surface area contributed by atoms with E-state index in [0.29, 0.717) is 25.2 Å². The summed E-state index contributed by atoms with van der Waals surface area (Å²) in [6, 6.07) is 16.9. The van der Waals surface area contributed by atoms with Crippen molar-refractivity contribution in [3.05, 3.63) is 71.3 Å². The van der Waals surface area contributed by atoms with Crippen LogP contribution in [0.15, 0.2) is 54.6 Å². The number of hydrogen-bond donors (Lipinski definition) is 3. The van der Waals surface area contributed by atoms with Gasteiger partial charge in [0.05, 0.1) is 13.2 Å². The maximum Gasteiger partial charge on any atom is 0.315 e. The van der Waals surface area contributed by atoms with Crippen molar-refractivity contribution in [1.29, 1.82) is 0 Å². The lowest BCUT2D eigenvalue weighted by Gasteiger charge is -2.27. The Morgan fingerprint density at radius 3 is 2.24 bits per heavy atom. The van der Waals surface area contributed by atoms with Crippen LogP contribution in [-0.4, -0.2) is 56.2 Å². The van der Waals surface area contributed by atoms with Crippen molar-refractivity contribution in [3.8, 4) is 0 Å². The van der Waals surface area contributed by atoms with Gasteiger partial charge >= 0.3 is 6.03 Å². The van der Waals surface area contributed by atoms with Crippen molar-refractivity contribution in [1.82, 2.24) is 20.9 Å². The van der Waals surface area contributed by atoms with E-state index in [2.05, 4.69) is 26.9 Å². The van der Waals surface area contributed by atoms with Crippen LogP contribution in [0.4, 0.5) is 4.79 Å². The third-order valence-electron chi connectivity index (χ3n) is 4.79. The molecule has 3 amide bonds. The van der Waals surface area contributed by atoms with Crippen LogP contribution in [0, 0.1) is 0 Å². The Balaban J connectivity index is 1.37. The molecular weight excluding hydrogens is 368 g/mol. The lowest BCUT2D eigenvalue weighted by molar-refractivity contribution is 0.0341. The van der Waals surface area contributed by atoms with Crippen molar-refractivity contribution < 1.29 is 14.3 Å². The first-order chi connectivity index (χ1) is 14.2. The molecule has 0 radical (unpaired) electrons. The highest BCUT2D eigenvalue weighted by Crippen LogP contribution is 2.12. The third-order valence-corrected chi connectivity index (χ3v) is 4.79. The molecule has 1 saturated heterocycles. The van der Waals surface area contributed by atoms with Crippen LogP contribution in [0.2, 0.25) is 0 Å². The number of carbonyl (C=O) groups is 2. The first-order valence-corrected chi connectivity index (χ1v) is 9.94. The molecule has 1 heterocycles. The Hall–Kier alpha value is -2.90. The standard InChI is InChI=1S/C22H28N4O3/c27-21(18-6-2-1-3-7-18)23-10-11-24-22(28)25-16-19-8-4-5-9-20(19)17-26-12-14-29-15-13-26/h1-9H,10-17H2,(H,23,27)(H2,24,25,28). The number of amides is 3. The van der Waals surface area contributed by atoms with Gasteiger partial charge in [-0.2, -0.15) is 0 Å². The van der Waals surface area contributed by atoms with E-state index in [0.717, 1.165) is 38.4 Å². The Bertz CT molecular complexity index is 792. The molecule has 0 bridgehead atoms. The summed E-state index contributed by atoms with van der Waals surface area (Å²) in [5.41, 5.74) is 2.92. The van der Waals surface area contributed by atoms with Gasteiger partial charge in [0.25, 0.3) is 5.91 Å². The van der Waals surface area contributed by atoms with E-state index in [-0.39, 0.29) is 11.9 Å². The molecule has 1 aliphatic heterocycles. The molecule has 0 atom stereocenters. The highest BCUT2D eigenvalue weighted by molar-refractivity contribution is 5.94. The maximum absolute atomic E-state index is 12.1. The second kappa shape index (κ2) is 11.2. The van der Waals surface area contributed by atoms with E-state index in [9.17, 15) is 9.59 Å². The Labute approximate surface area is 171 Å². The summed E-state index contributed by atoms with van der Waals surface area (Å²) >= 11 is 0. The van der Waals surface area contributed by atoms with Gasteiger partial charge in [0, 0.05) is 44.8 Å². The summed E-state index contributed by atoms with van der Waals surface area (Å²) in [5, 5.41) is 8.44. The molecule has 3 rings (SSSR count). The first kappa shape index (κ1) is 20.8. The molecular formula is C22H28N4O3.